The molecule has 1 aliphatic carbocycles. The number of sulfone groups is 1. The van der Waals surface area contributed by atoms with Crippen LogP contribution < -0.4 is 4.74 Å². The molecule has 2 aliphatic heterocycles. The molecular formula is C20H26N2O4S. The zero-order valence-corrected chi connectivity index (χ0v) is 16.5. The van der Waals surface area contributed by atoms with Crippen molar-refractivity contribution in [3.05, 3.63) is 40.9 Å². The third-order valence-electron chi connectivity index (χ3n) is 5.50. The minimum atomic E-state index is -3.23. The van der Waals surface area contributed by atoms with Crippen molar-refractivity contribution < 1.29 is 17.9 Å². The Morgan fingerprint density at radius 1 is 1.19 bits per heavy atom. The van der Waals surface area contributed by atoms with Gasteiger partial charge in [-0.25, -0.2) is 13.4 Å². The van der Waals surface area contributed by atoms with E-state index in [1.165, 1.54) is 50.1 Å². The van der Waals surface area contributed by atoms with Crippen LogP contribution in [0.25, 0.3) is 0 Å². The second-order valence-electron chi connectivity index (χ2n) is 7.61. The lowest BCUT2D eigenvalue weighted by Gasteiger charge is -2.22. The Hall–Kier alpha value is -2.02. The van der Waals surface area contributed by atoms with Crippen LogP contribution in [0.15, 0.2) is 40.4 Å². The molecule has 2 heterocycles. The Balaban J connectivity index is 1.29. The maximum Gasteiger partial charge on any atom is 0.292 e. The maximum absolute atomic E-state index is 11.7. The molecule has 0 unspecified atom stereocenters. The summed E-state index contributed by atoms with van der Waals surface area (Å²) >= 11 is 0. The second kappa shape index (κ2) is 7.54. The first kappa shape index (κ1) is 18.3. The van der Waals surface area contributed by atoms with E-state index in [-0.39, 0.29) is 6.10 Å². The van der Waals surface area contributed by atoms with Crippen molar-refractivity contribution in [2.24, 2.45) is 4.99 Å². The first-order chi connectivity index (χ1) is 13.0. The third-order valence-corrected chi connectivity index (χ3v) is 6.69. The van der Waals surface area contributed by atoms with Crippen molar-refractivity contribution in [3.63, 3.8) is 0 Å². The number of fused-ring (bicyclic) bond motifs is 1. The van der Waals surface area contributed by atoms with Crippen LogP contribution in [-0.2, 0) is 14.6 Å². The molecule has 0 aromatic heterocycles. The topological polar surface area (TPSA) is 68.2 Å². The molecule has 0 bridgehead atoms. The highest BCUT2D eigenvalue weighted by Crippen LogP contribution is 2.33. The van der Waals surface area contributed by atoms with Crippen molar-refractivity contribution >= 4 is 15.9 Å². The van der Waals surface area contributed by atoms with E-state index in [4.69, 9.17) is 9.47 Å². The Morgan fingerprint density at radius 2 is 1.93 bits per heavy atom. The number of hydrogen-bond acceptors (Lipinski definition) is 6. The van der Waals surface area contributed by atoms with Crippen LogP contribution in [0.3, 0.4) is 0 Å². The van der Waals surface area contributed by atoms with Crippen LogP contribution in [0, 0.1) is 0 Å². The van der Waals surface area contributed by atoms with Crippen LogP contribution in [0.5, 0.6) is 5.75 Å². The van der Waals surface area contributed by atoms with Crippen LogP contribution in [0.2, 0.25) is 0 Å². The summed E-state index contributed by atoms with van der Waals surface area (Å²) in [5.74, 6) is 1.52. The smallest absolute Gasteiger partial charge is 0.292 e. The van der Waals surface area contributed by atoms with Gasteiger partial charge in [-0.3, -0.25) is 0 Å². The average molecular weight is 391 g/mol. The molecule has 1 saturated carbocycles. The molecule has 1 aromatic carbocycles. The molecule has 146 valence electrons. The molecule has 3 aliphatic rings. The summed E-state index contributed by atoms with van der Waals surface area (Å²) in [5, 5.41) is 0. The number of hydrogen-bond donors (Lipinski definition) is 0. The number of nitrogens with zero attached hydrogens (tertiary/aromatic N) is 2. The number of amidine groups is 1. The van der Waals surface area contributed by atoms with Crippen LogP contribution in [0.1, 0.15) is 43.6 Å². The average Bonchev–Trinajstić information content (AvgIpc) is 3.09. The third kappa shape index (κ3) is 4.29. The summed E-state index contributed by atoms with van der Waals surface area (Å²) in [4.78, 5) is 6.29. The summed E-state index contributed by atoms with van der Waals surface area (Å²) in [6.45, 7) is 1.29. The van der Waals surface area contributed by atoms with Crippen molar-refractivity contribution in [2.75, 3.05) is 26.0 Å². The van der Waals surface area contributed by atoms with E-state index in [0.717, 1.165) is 5.75 Å². The van der Waals surface area contributed by atoms with E-state index in [1.807, 2.05) is 17.0 Å². The predicted molar refractivity (Wildman–Crippen MR) is 105 cm³/mol. The van der Waals surface area contributed by atoms with Crippen LogP contribution in [0.4, 0.5) is 0 Å². The van der Waals surface area contributed by atoms with E-state index in [1.54, 1.807) is 0 Å². The summed E-state index contributed by atoms with van der Waals surface area (Å²) in [7, 11) is -3.23. The van der Waals surface area contributed by atoms with Crippen LogP contribution in [-0.4, -0.2) is 51.4 Å². The molecule has 0 spiro atoms. The quantitative estimate of drug-likeness (QED) is 0.773. The number of aliphatic imine (C=N–C) groups is 1. The van der Waals surface area contributed by atoms with Gasteiger partial charge >= 0.3 is 0 Å². The Morgan fingerprint density at radius 3 is 2.63 bits per heavy atom. The molecule has 1 saturated heterocycles. The summed E-state index contributed by atoms with van der Waals surface area (Å²) in [5.41, 5.74) is 1.41. The van der Waals surface area contributed by atoms with Gasteiger partial charge in [-0.1, -0.05) is 31.4 Å². The van der Waals surface area contributed by atoms with Gasteiger partial charge in [0.05, 0.1) is 18.0 Å². The van der Waals surface area contributed by atoms with Gasteiger partial charge in [-0.2, -0.15) is 0 Å². The largest absolute Gasteiger partial charge is 0.490 e. The van der Waals surface area contributed by atoms with Crippen molar-refractivity contribution in [1.82, 2.24) is 4.90 Å². The minimum Gasteiger partial charge on any atom is -0.490 e. The maximum atomic E-state index is 11.7. The summed E-state index contributed by atoms with van der Waals surface area (Å²) < 4.78 is 35.0. The Bertz CT molecular complexity index is 839. The highest BCUT2D eigenvalue weighted by molar-refractivity contribution is 7.94. The molecule has 4 rings (SSSR count). The van der Waals surface area contributed by atoms with Gasteiger partial charge < -0.3 is 14.4 Å². The zero-order chi connectivity index (χ0) is 18.9. The number of rotatable bonds is 5. The minimum absolute atomic E-state index is 0.158. The lowest BCUT2D eigenvalue weighted by atomic mass is 9.84. The van der Waals surface area contributed by atoms with E-state index in [2.05, 4.69) is 17.1 Å². The normalized spacial score (nSPS) is 23.3. The Kier molecular flexibility index (Phi) is 5.12. The van der Waals surface area contributed by atoms with Gasteiger partial charge in [-0.05, 0) is 36.5 Å². The monoisotopic (exact) mass is 390 g/mol. The molecule has 2 fully saturated rings. The van der Waals surface area contributed by atoms with Crippen molar-refractivity contribution in [3.8, 4) is 5.75 Å². The van der Waals surface area contributed by atoms with E-state index < -0.39 is 9.84 Å². The van der Waals surface area contributed by atoms with Gasteiger partial charge in [0.1, 0.15) is 12.4 Å². The lowest BCUT2D eigenvalue weighted by Crippen LogP contribution is -2.32. The van der Waals surface area contributed by atoms with Gasteiger partial charge in [0.15, 0.2) is 15.9 Å². The van der Waals surface area contributed by atoms with E-state index >= 15 is 0 Å². The van der Waals surface area contributed by atoms with Gasteiger partial charge in [-0.15, -0.1) is 0 Å². The standard InChI is InChI=1S/C20H26N2O4S/c1-27(23,24)19-11-21-20-22(13-19)12-18(26-20)14-25-17-9-7-16(8-10-17)15-5-3-2-4-6-15/h7-11,15,18H,2-6,12-14H2,1H3/t18-/m0/s1. The second-order valence-corrected chi connectivity index (χ2v) is 9.68. The summed E-state index contributed by atoms with van der Waals surface area (Å²) in [6.07, 6.45) is 9.03. The lowest BCUT2D eigenvalue weighted by molar-refractivity contribution is 0.146. The first-order valence-electron chi connectivity index (χ1n) is 9.60. The van der Waals surface area contributed by atoms with Gasteiger partial charge in [0.25, 0.3) is 6.02 Å². The highest BCUT2D eigenvalue weighted by Gasteiger charge is 2.34. The van der Waals surface area contributed by atoms with E-state index in [9.17, 15) is 8.42 Å². The fourth-order valence-electron chi connectivity index (χ4n) is 3.95. The predicted octanol–water partition coefficient (Wildman–Crippen LogP) is 3.07. The van der Waals surface area contributed by atoms with Crippen LogP contribution >= 0.6 is 0 Å². The molecule has 7 heteroatoms. The molecule has 0 radical (unpaired) electrons. The molecule has 27 heavy (non-hydrogen) atoms. The molecule has 6 nitrogen and oxygen atoms in total. The van der Waals surface area contributed by atoms with Gasteiger partial charge in [0.2, 0.25) is 0 Å². The fourth-order valence-corrected chi connectivity index (χ4v) is 4.58. The van der Waals surface area contributed by atoms with E-state index in [0.29, 0.717) is 36.5 Å². The molecule has 0 N–H and O–H groups in total. The molecule has 1 atom stereocenters. The van der Waals surface area contributed by atoms with Crippen molar-refractivity contribution in [2.45, 2.75) is 44.1 Å². The number of ether oxygens (including phenoxy) is 2. The highest BCUT2D eigenvalue weighted by atomic mass is 32.2. The SMILES string of the molecule is CS(=O)(=O)C1=CN=C2O[C@H](COc3ccc(C4CCCCC4)cc3)CN2C1. The van der Waals surface area contributed by atoms with Crippen molar-refractivity contribution in [1.29, 1.82) is 0 Å². The first-order valence-corrected chi connectivity index (χ1v) is 11.5. The Labute approximate surface area is 160 Å². The molecular weight excluding hydrogens is 364 g/mol. The molecule has 0 amide bonds. The fraction of sp³-hybridized carbons (Fsp3) is 0.550. The number of benzene rings is 1. The van der Waals surface area contributed by atoms with Gasteiger partial charge in [0, 0.05) is 12.5 Å². The summed E-state index contributed by atoms with van der Waals surface area (Å²) in [6, 6.07) is 8.90. The zero-order valence-electron chi connectivity index (χ0n) is 15.6. The molecule has 1 aromatic rings.